The average molecular weight is 205 g/mol. The van der Waals surface area contributed by atoms with Gasteiger partial charge < -0.3 is 10.1 Å². The van der Waals surface area contributed by atoms with E-state index in [0.717, 1.165) is 18.7 Å². The lowest BCUT2D eigenvalue weighted by atomic mass is 10.1. The highest BCUT2D eigenvalue weighted by Crippen LogP contribution is 2.18. The highest BCUT2D eigenvalue weighted by Gasteiger charge is 2.04. The van der Waals surface area contributed by atoms with Gasteiger partial charge in [0.1, 0.15) is 5.75 Å². The molecule has 82 valence electrons. The van der Waals surface area contributed by atoms with Gasteiger partial charge in [-0.1, -0.05) is 18.2 Å². The van der Waals surface area contributed by atoms with Crippen LogP contribution in [0.15, 0.2) is 36.9 Å². The second-order valence-electron chi connectivity index (χ2n) is 3.53. The topological polar surface area (TPSA) is 21.3 Å². The summed E-state index contributed by atoms with van der Waals surface area (Å²) in [5.74, 6) is 0.907. The van der Waals surface area contributed by atoms with Crippen molar-refractivity contribution < 1.29 is 4.74 Å². The molecule has 1 N–H and O–H groups in total. The summed E-state index contributed by atoms with van der Waals surface area (Å²) < 4.78 is 5.19. The zero-order valence-corrected chi connectivity index (χ0v) is 9.49. The second kappa shape index (κ2) is 6.25. The monoisotopic (exact) mass is 205 g/mol. The number of nitrogens with one attached hydrogen (secondary N) is 1. The molecule has 0 fully saturated rings. The minimum absolute atomic E-state index is 0.347. The van der Waals surface area contributed by atoms with E-state index in [9.17, 15) is 0 Å². The lowest BCUT2D eigenvalue weighted by Crippen LogP contribution is -2.19. The van der Waals surface area contributed by atoms with Gasteiger partial charge in [0, 0.05) is 6.04 Å². The lowest BCUT2D eigenvalue weighted by Gasteiger charge is -2.14. The second-order valence-corrected chi connectivity index (χ2v) is 3.53. The van der Waals surface area contributed by atoms with Crippen molar-refractivity contribution in [1.29, 1.82) is 0 Å². The predicted octanol–water partition coefficient (Wildman–Crippen LogP) is 2.92. The van der Waals surface area contributed by atoms with Crippen LogP contribution in [0.1, 0.15) is 24.9 Å². The molecule has 2 heteroatoms. The highest BCUT2D eigenvalue weighted by molar-refractivity contribution is 5.30. The van der Waals surface area contributed by atoms with Gasteiger partial charge in [0.05, 0.1) is 7.11 Å². The molecule has 0 saturated carbocycles. The number of hydrogen-bond donors (Lipinski definition) is 1. The van der Waals surface area contributed by atoms with Crippen molar-refractivity contribution in [2.45, 2.75) is 19.4 Å². The Hall–Kier alpha value is -1.28. The third kappa shape index (κ3) is 3.76. The molecule has 0 radical (unpaired) electrons. The summed E-state index contributed by atoms with van der Waals surface area (Å²) in [5.41, 5.74) is 1.25. The van der Waals surface area contributed by atoms with Crippen LogP contribution in [0.4, 0.5) is 0 Å². The smallest absolute Gasteiger partial charge is 0.119 e. The predicted molar refractivity (Wildman–Crippen MR) is 64.2 cm³/mol. The maximum Gasteiger partial charge on any atom is 0.119 e. The Morgan fingerprint density at radius 3 is 3.00 bits per heavy atom. The van der Waals surface area contributed by atoms with Crippen molar-refractivity contribution in [1.82, 2.24) is 5.32 Å². The first-order valence-electron chi connectivity index (χ1n) is 5.26. The van der Waals surface area contributed by atoms with Crippen LogP contribution >= 0.6 is 0 Å². The number of benzene rings is 1. The largest absolute Gasteiger partial charge is 0.497 e. The summed E-state index contributed by atoms with van der Waals surface area (Å²) in [6.07, 6.45) is 2.92. The molecule has 1 aromatic carbocycles. The Morgan fingerprint density at radius 1 is 1.53 bits per heavy atom. The van der Waals surface area contributed by atoms with E-state index in [1.165, 1.54) is 5.56 Å². The molecule has 0 bridgehead atoms. The molecular formula is C13H19NO. The molecule has 15 heavy (non-hydrogen) atoms. The Labute approximate surface area is 92.0 Å². The molecule has 0 saturated heterocycles. The van der Waals surface area contributed by atoms with Gasteiger partial charge in [-0.15, -0.1) is 6.58 Å². The van der Waals surface area contributed by atoms with Crippen LogP contribution in [0.2, 0.25) is 0 Å². The first kappa shape index (κ1) is 11.8. The third-order valence-corrected chi connectivity index (χ3v) is 2.39. The third-order valence-electron chi connectivity index (χ3n) is 2.39. The summed E-state index contributed by atoms with van der Waals surface area (Å²) in [7, 11) is 1.69. The fourth-order valence-electron chi connectivity index (χ4n) is 1.43. The van der Waals surface area contributed by atoms with Crippen LogP contribution < -0.4 is 10.1 Å². The standard InChI is InChI=1S/C13H19NO/c1-4-5-9-14-11(2)12-7-6-8-13(10-12)15-3/h4,6-8,10-11,14H,1,5,9H2,2-3H3/t11-/m0/s1. The van der Waals surface area contributed by atoms with Gasteiger partial charge in [-0.2, -0.15) is 0 Å². The quantitative estimate of drug-likeness (QED) is 0.569. The van der Waals surface area contributed by atoms with E-state index in [2.05, 4.69) is 31.0 Å². The molecule has 0 aliphatic rings. The van der Waals surface area contributed by atoms with E-state index in [-0.39, 0.29) is 0 Å². The van der Waals surface area contributed by atoms with Crippen LogP contribution in [0.3, 0.4) is 0 Å². The summed E-state index contributed by atoms with van der Waals surface area (Å²) in [6.45, 7) is 6.81. The highest BCUT2D eigenvalue weighted by atomic mass is 16.5. The Morgan fingerprint density at radius 2 is 2.33 bits per heavy atom. The molecule has 0 aromatic heterocycles. The normalized spacial score (nSPS) is 12.1. The van der Waals surface area contributed by atoms with Crippen molar-refractivity contribution in [3.8, 4) is 5.75 Å². The van der Waals surface area contributed by atoms with Crippen LogP contribution in [-0.4, -0.2) is 13.7 Å². The van der Waals surface area contributed by atoms with Gasteiger partial charge in [0.15, 0.2) is 0 Å². The van der Waals surface area contributed by atoms with E-state index in [1.54, 1.807) is 7.11 Å². The van der Waals surface area contributed by atoms with Crippen molar-refractivity contribution >= 4 is 0 Å². The molecular weight excluding hydrogens is 186 g/mol. The van der Waals surface area contributed by atoms with Crippen molar-refractivity contribution in [3.05, 3.63) is 42.5 Å². The molecule has 0 amide bonds. The van der Waals surface area contributed by atoms with Crippen molar-refractivity contribution in [3.63, 3.8) is 0 Å². The molecule has 2 nitrogen and oxygen atoms in total. The Bertz CT molecular complexity index is 309. The molecule has 0 heterocycles. The molecule has 0 spiro atoms. The summed E-state index contributed by atoms with van der Waals surface area (Å²) >= 11 is 0. The number of ether oxygens (including phenoxy) is 1. The summed E-state index contributed by atoms with van der Waals surface area (Å²) in [5, 5.41) is 3.42. The summed E-state index contributed by atoms with van der Waals surface area (Å²) in [4.78, 5) is 0. The van der Waals surface area contributed by atoms with Crippen LogP contribution in [0, 0.1) is 0 Å². The molecule has 0 aliphatic heterocycles. The SMILES string of the molecule is C=CCCN[C@@H](C)c1cccc(OC)c1. The minimum atomic E-state index is 0.347. The number of hydrogen-bond acceptors (Lipinski definition) is 2. The molecule has 0 unspecified atom stereocenters. The first-order valence-corrected chi connectivity index (χ1v) is 5.26. The number of rotatable bonds is 6. The molecule has 1 rings (SSSR count). The van der Waals surface area contributed by atoms with Gasteiger partial charge in [0.25, 0.3) is 0 Å². The van der Waals surface area contributed by atoms with Gasteiger partial charge in [-0.25, -0.2) is 0 Å². The first-order chi connectivity index (χ1) is 7.27. The van der Waals surface area contributed by atoms with Gasteiger partial charge in [-0.05, 0) is 37.6 Å². The maximum atomic E-state index is 5.19. The van der Waals surface area contributed by atoms with Crippen molar-refractivity contribution in [2.75, 3.05) is 13.7 Å². The maximum absolute atomic E-state index is 5.19. The number of methoxy groups -OCH3 is 1. The average Bonchev–Trinajstić information content (AvgIpc) is 2.29. The fraction of sp³-hybridized carbons (Fsp3) is 0.385. The van der Waals surface area contributed by atoms with E-state index in [4.69, 9.17) is 4.74 Å². The summed E-state index contributed by atoms with van der Waals surface area (Å²) in [6, 6.07) is 8.49. The Balaban J connectivity index is 2.56. The molecule has 1 atom stereocenters. The van der Waals surface area contributed by atoms with Crippen LogP contribution in [0.25, 0.3) is 0 Å². The van der Waals surface area contributed by atoms with E-state index >= 15 is 0 Å². The van der Waals surface area contributed by atoms with Crippen LogP contribution in [0.5, 0.6) is 5.75 Å². The van der Waals surface area contributed by atoms with Gasteiger partial charge in [0.2, 0.25) is 0 Å². The van der Waals surface area contributed by atoms with Gasteiger partial charge in [-0.3, -0.25) is 0 Å². The lowest BCUT2D eigenvalue weighted by molar-refractivity contribution is 0.413. The van der Waals surface area contributed by atoms with E-state index in [1.807, 2.05) is 18.2 Å². The van der Waals surface area contributed by atoms with Crippen molar-refractivity contribution in [2.24, 2.45) is 0 Å². The van der Waals surface area contributed by atoms with Crippen LogP contribution in [-0.2, 0) is 0 Å². The van der Waals surface area contributed by atoms with E-state index < -0.39 is 0 Å². The Kier molecular flexibility index (Phi) is 4.91. The fourth-order valence-corrected chi connectivity index (χ4v) is 1.43. The zero-order chi connectivity index (χ0) is 11.1. The molecule has 0 aliphatic carbocycles. The zero-order valence-electron chi connectivity index (χ0n) is 9.49. The van der Waals surface area contributed by atoms with Gasteiger partial charge >= 0.3 is 0 Å². The van der Waals surface area contributed by atoms with E-state index in [0.29, 0.717) is 6.04 Å². The minimum Gasteiger partial charge on any atom is -0.497 e. The molecule has 1 aromatic rings.